The smallest absolute Gasteiger partial charge is 0.238 e. The van der Waals surface area contributed by atoms with E-state index in [2.05, 4.69) is 32.2 Å². The Balaban J connectivity index is 1.44. The molecule has 0 aliphatic carbocycles. The number of ether oxygens (including phenoxy) is 1. The molecule has 3 rings (SSSR count). The Morgan fingerprint density at radius 1 is 1.19 bits per heavy atom. The number of halogens is 1. The zero-order valence-corrected chi connectivity index (χ0v) is 15.6. The first kappa shape index (κ1) is 18.6. The Labute approximate surface area is 158 Å². The molecule has 0 unspecified atom stereocenters. The molecule has 0 radical (unpaired) electrons. The number of nitrogens with zero attached hydrogens (tertiary/aromatic N) is 3. The molecule has 0 bridgehead atoms. The molecule has 1 saturated heterocycles. The first-order valence-electron chi connectivity index (χ1n) is 8.62. The van der Waals surface area contributed by atoms with Crippen molar-refractivity contribution in [1.29, 1.82) is 0 Å². The molecular weight excluding hydrogens is 352 g/mol. The number of benzene rings is 1. The monoisotopic (exact) mass is 374 g/mol. The van der Waals surface area contributed by atoms with Crippen molar-refractivity contribution in [2.45, 2.75) is 6.54 Å². The molecule has 138 valence electrons. The second-order valence-electron chi connectivity index (χ2n) is 6.29. The molecule has 7 heteroatoms. The number of hydrogen-bond acceptors (Lipinski definition) is 5. The Hall–Kier alpha value is -2.15. The van der Waals surface area contributed by atoms with Crippen LogP contribution < -0.4 is 10.1 Å². The van der Waals surface area contributed by atoms with Gasteiger partial charge in [0.15, 0.2) is 5.15 Å². The van der Waals surface area contributed by atoms with Gasteiger partial charge in [-0.15, -0.1) is 0 Å². The maximum atomic E-state index is 12.2. The number of carbonyl (C=O) groups is 1. The summed E-state index contributed by atoms with van der Waals surface area (Å²) in [4.78, 5) is 20.7. The van der Waals surface area contributed by atoms with E-state index >= 15 is 0 Å². The van der Waals surface area contributed by atoms with Gasteiger partial charge >= 0.3 is 0 Å². The third kappa shape index (κ3) is 5.17. The number of pyridine rings is 1. The maximum absolute atomic E-state index is 12.2. The minimum absolute atomic E-state index is 0.0684. The number of rotatable bonds is 6. The van der Waals surface area contributed by atoms with Crippen LogP contribution in [0.4, 0.5) is 5.69 Å². The second kappa shape index (κ2) is 8.98. The summed E-state index contributed by atoms with van der Waals surface area (Å²) in [5.74, 6) is 0.813. The summed E-state index contributed by atoms with van der Waals surface area (Å²) in [7, 11) is 1.68. The van der Waals surface area contributed by atoms with Gasteiger partial charge in [0.1, 0.15) is 5.75 Å². The van der Waals surface area contributed by atoms with Crippen LogP contribution in [0.15, 0.2) is 42.6 Å². The molecule has 1 N–H and O–H groups in total. The van der Waals surface area contributed by atoms with Crippen molar-refractivity contribution in [1.82, 2.24) is 14.8 Å². The minimum atomic E-state index is -0.0684. The molecule has 2 aromatic rings. The van der Waals surface area contributed by atoms with Crippen molar-refractivity contribution in [2.24, 2.45) is 0 Å². The van der Waals surface area contributed by atoms with Gasteiger partial charge in [-0.05, 0) is 29.8 Å². The van der Waals surface area contributed by atoms with Crippen molar-refractivity contribution in [3.8, 4) is 5.75 Å². The third-order valence-electron chi connectivity index (χ3n) is 4.41. The zero-order valence-electron chi connectivity index (χ0n) is 14.8. The van der Waals surface area contributed by atoms with Crippen molar-refractivity contribution < 1.29 is 9.53 Å². The summed E-state index contributed by atoms with van der Waals surface area (Å²) in [6.45, 7) is 4.83. The van der Waals surface area contributed by atoms with Crippen LogP contribution in [0.2, 0.25) is 5.15 Å². The molecule has 0 spiro atoms. The second-order valence-corrected chi connectivity index (χ2v) is 6.65. The molecule has 0 atom stereocenters. The molecule has 0 saturated carbocycles. The van der Waals surface area contributed by atoms with Crippen LogP contribution in [0.3, 0.4) is 0 Å². The predicted octanol–water partition coefficient (Wildman–Crippen LogP) is 2.50. The molecule has 2 heterocycles. The number of aromatic nitrogens is 1. The van der Waals surface area contributed by atoms with E-state index in [1.807, 2.05) is 12.1 Å². The number of amides is 1. The van der Waals surface area contributed by atoms with Gasteiger partial charge in [0, 0.05) is 38.9 Å². The normalized spacial score (nSPS) is 15.6. The number of carbonyl (C=O) groups excluding carboxylic acids is 1. The van der Waals surface area contributed by atoms with E-state index < -0.39 is 0 Å². The summed E-state index contributed by atoms with van der Waals surface area (Å²) in [5.41, 5.74) is 1.79. The van der Waals surface area contributed by atoms with Gasteiger partial charge in [-0.25, -0.2) is 4.98 Å². The van der Waals surface area contributed by atoms with E-state index in [1.54, 1.807) is 25.4 Å². The third-order valence-corrected chi connectivity index (χ3v) is 4.71. The number of hydrogen-bond donors (Lipinski definition) is 1. The Kier molecular flexibility index (Phi) is 6.44. The average molecular weight is 375 g/mol. The highest BCUT2D eigenvalue weighted by atomic mass is 35.5. The number of anilines is 1. The largest absolute Gasteiger partial charge is 0.497 e. The van der Waals surface area contributed by atoms with Gasteiger partial charge in [0.05, 0.1) is 19.3 Å². The van der Waals surface area contributed by atoms with Crippen molar-refractivity contribution in [3.05, 3.63) is 53.3 Å². The van der Waals surface area contributed by atoms with E-state index in [4.69, 9.17) is 16.3 Å². The highest BCUT2D eigenvalue weighted by molar-refractivity contribution is 6.32. The van der Waals surface area contributed by atoms with Crippen molar-refractivity contribution >= 4 is 23.2 Å². The first-order valence-corrected chi connectivity index (χ1v) is 9.00. The van der Waals surface area contributed by atoms with Crippen LogP contribution in [0.1, 0.15) is 5.56 Å². The molecule has 1 aromatic carbocycles. The van der Waals surface area contributed by atoms with E-state index in [-0.39, 0.29) is 5.91 Å². The Bertz CT molecular complexity index is 748. The highest BCUT2D eigenvalue weighted by Gasteiger charge is 2.19. The lowest BCUT2D eigenvalue weighted by Crippen LogP contribution is -2.48. The summed E-state index contributed by atoms with van der Waals surface area (Å²) in [6, 6.07) is 11.6. The molecule has 26 heavy (non-hydrogen) atoms. The molecule has 1 aliphatic rings. The van der Waals surface area contributed by atoms with E-state index in [0.717, 1.165) is 38.5 Å². The zero-order chi connectivity index (χ0) is 18.4. The SMILES string of the molecule is COc1cccc(CN2CCN(CC(=O)Nc3cccnc3Cl)CC2)c1. The van der Waals surface area contributed by atoms with Gasteiger partial charge in [-0.2, -0.15) is 0 Å². The van der Waals surface area contributed by atoms with Crippen LogP contribution in [0.5, 0.6) is 5.75 Å². The average Bonchev–Trinajstić information content (AvgIpc) is 2.65. The predicted molar refractivity (Wildman–Crippen MR) is 103 cm³/mol. The Morgan fingerprint density at radius 2 is 1.96 bits per heavy atom. The highest BCUT2D eigenvalue weighted by Crippen LogP contribution is 2.18. The summed E-state index contributed by atoms with van der Waals surface area (Å²) >= 11 is 5.97. The lowest BCUT2D eigenvalue weighted by Gasteiger charge is -2.34. The molecule has 1 aromatic heterocycles. The van der Waals surface area contributed by atoms with E-state index in [0.29, 0.717) is 17.4 Å². The van der Waals surface area contributed by atoms with Gasteiger partial charge in [-0.3, -0.25) is 14.6 Å². The molecule has 1 aliphatic heterocycles. The lowest BCUT2D eigenvalue weighted by atomic mass is 10.2. The molecule has 1 amide bonds. The van der Waals surface area contributed by atoms with Gasteiger partial charge in [0.25, 0.3) is 0 Å². The standard InChI is InChI=1S/C19H23ClN4O2/c1-26-16-5-2-4-15(12-16)13-23-8-10-24(11-9-23)14-18(25)22-17-6-3-7-21-19(17)20/h2-7,12H,8-11,13-14H2,1H3,(H,22,25). The number of piperazine rings is 1. The van der Waals surface area contributed by atoms with Crippen molar-refractivity contribution in [2.75, 3.05) is 45.2 Å². The molecule has 6 nitrogen and oxygen atoms in total. The fourth-order valence-electron chi connectivity index (χ4n) is 3.01. The summed E-state index contributed by atoms with van der Waals surface area (Å²) in [5, 5.41) is 3.13. The van der Waals surface area contributed by atoms with Crippen LogP contribution in [-0.2, 0) is 11.3 Å². The van der Waals surface area contributed by atoms with Crippen molar-refractivity contribution in [3.63, 3.8) is 0 Å². The van der Waals surface area contributed by atoms with Gasteiger partial charge in [0.2, 0.25) is 5.91 Å². The van der Waals surface area contributed by atoms with Crippen LogP contribution in [-0.4, -0.2) is 60.5 Å². The minimum Gasteiger partial charge on any atom is -0.497 e. The summed E-state index contributed by atoms with van der Waals surface area (Å²) < 4.78 is 5.28. The maximum Gasteiger partial charge on any atom is 0.238 e. The van der Waals surface area contributed by atoms with Crippen LogP contribution in [0, 0.1) is 0 Å². The van der Waals surface area contributed by atoms with Gasteiger partial charge in [-0.1, -0.05) is 23.7 Å². The summed E-state index contributed by atoms with van der Waals surface area (Å²) in [6.07, 6.45) is 1.60. The number of nitrogens with one attached hydrogen (secondary N) is 1. The molecular formula is C19H23ClN4O2. The van der Waals surface area contributed by atoms with E-state index in [9.17, 15) is 4.79 Å². The fraction of sp³-hybridized carbons (Fsp3) is 0.368. The fourth-order valence-corrected chi connectivity index (χ4v) is 3.17. The molecule has 1 fully saturated rings. The van der Waals surface area contributed by atoms with Crippen LogP contribution >= 0.6 is 11.6 Å². The van der Waals surface area contributed by atoms with Gasteiger partial charge < -0.3 is 10.1 Å². The first-order chi connectivity index (χ1) is 12.6. The van der Waals surface area contributed by atoms with Crippen LogP contribution in [0.25, 0.3) is 0 Å². The Morgan fingerprint density at radius 3 is 2.69 bits per heavy atom. The number of methoxy groups -OCH3 is 1. The topological polar surface area (TPSA) is 57.7 Å². The van der Waals surface area contributed by atoms with E-state index in [1.165, 1.54) is 5.56 Å². The quantitative estimate of drug-likeness (QED) is 0.787. The lowest BCUT2D eigenvalue weighted by molar-refractivity contribution is -0.117.